The monoisotopic (exact) mass is 379 g/mol. The summed E-state index contributed by atoms with van der Waals surface area (Å²) in [5.74, 6) is 0.230. The van der Waals surface area contributed by atoms with Gasteiger partial charge in [0.15, 0.2) is 11.2 Å². The Bertz CT molecular complexity index is 990. The van der Waals surface area contributed by atoms with E-state index in [1.165, 1.54) is 11.3 Å². The maximum absolute atomic E-state index is 12.5. The number of para-hydroxylation sites is 1. The van der Waals surface area contributed by atoms with Crippen LogP contribution in [0.1, 0.15) is 21.6 Å². The van der Waals surface area contributed by atoms with Gasteiger partial charge in [-0.05, 0) is 36.8 Å². The number of hydrogen-bond donors (Lipinski definition) is 2. The third kappa shape index (κ3) is 3.83. The van der Waals surface area contributed by atoms with Crippen molar-refractivity contribution >= 4 is 34.0 Å². The molecule has 6 nitrogen and oxygen atoms in total. The highest BCUT2D eigenvalue weighted by Crippen LogP contribution is 2.28. The quantitative estimate of drug-likeness (QED) is 0.725. The molecule has 1 aliphatic heterocycles. The van der Waals surface area contributed by atoms with Crippen molar-refractivity contribution in [3.63, 3.8) is 0 Å². The van der Waals surface area contributed by atoms with Gasteiger partial charge in [-0.15, -0.1) is 11.3 Å². The van der Waals surface area contributed by atoms with E-state index in [2.05, 4.69) is 15.6 Å². The van der Waals surface area contributed by atoms with Crippen molar-refractivity contribution in [1.29, 1.82) is 0 Å². The lowest BCUT2D eigenvalue weighted by atomic mass is 10.1. The number of rotatable bonds is 4. The van der Waals surface area contributed by atoms with Crippen LogP contribution in [-0.2, 0) is 11.2 Å². The molecule has 1 atom stereocenters. The highest BCUT2D eigenvalue weighted by Gasteiger charge is 2.28. The van der Waals surface area contributed by atoms with E-state index < -0.39 is 6.10 Å². The van der Waals surface area contributed by atoms with Crippen LogP contribution in [0, 0.1) is 6.92 Å². The standard InChI is InChI=1S/C20H17N3O3S/c1-12-11-27-20(21-12)23-18(24)14-6-4-7-15(9-14)22-19(25)17-10-13-5-2-3-8-16(13)26-17/h2-9,11,17H,10H2,1H3,(H,22,25)(H,21,23,24). The summed E-state index contributed by atoms with van der Waals surface area (Å²) in [6.07, 6.45) is -0.0378. The van der Waals surface area contributed by atoms with E-state index in [-0.39, 0.29) is 11.8 Å². The van der Waals surface area contributed by atoms with Crippen LogP contribution < -0.4 is 15.4 Å². The number of fused-ring (bicyclic) bond motifs is 1. The minimum absolute atomic E-state index is 0.237. The van der Waals surface area contributed by atoms with E-state index in [0.29, 0.717) is 22.8 Å². The topological polar surface area (TPSA) is 80.3 Å². The number of hydrogen-bond acceptors (Lipinski definition) is 5. The molecule has 1 unspecified atom stereocenters. The van der Waals surface area contributed by atoms with Crippen LogP contribution in [0.2, 0.25) is 0 Å². The number of thiazole rings is 1. The summed E-state index contributed by atoms with van der Waals surface area (Å²) in [4.78, 5) is 29.1. The second-order valence-corrected chi connectivity index (χ2v) is 7.09. The molecule has 3 aromatic rings. The molecule has 1 aromatic heterocycles. The van der Waals surface area contributed by atoms with Crippen LogP contribution in [0.5, 0.6) is 5.75 Å². The molecule has 0 radical (unpaired) electrons. The van der Waals surface area contributed by atoms with Gasteiger partial charge < -0.3 is 10.1 Å². The summed E-state index contributed by atoms with van der Waals surface area (Å²) >= 11 is 1.37. The van der Waals surface area contributed by atoms with Gasteiger partial charge in [-0.25, -0.2) is 4.98 Å². The molecule has 0 saturated heterocycles. The SMILES string of the molecule is Cc1csc(NC(=O)c2cccc(NC(=O)C3Cc4ccccc4O3)c2)n1. The van der Waals surface area contributed by atoms with E-state index in [9.17, 15) is 9.59 Å². The summed E-state index contributed by atoms with van der Waals surface area (Å²) in [6, 6.07) is 14.4. The highest BCUT2D eigenvalue weighted by molar-refractivity contribution is 7.13. The van der Waals surface area contributed by atoms with Gasteiger partial charge in [0.05, 0.1) is 5.69 Å². The molecule has 27 heavy (non-hydrogen) atoms. The molecule has 0 spiro atoms. The molecule has 136 valence electrons. The van der Waals surface area contributed by atoms with Gasteiger partial charge in [0.2, 0.25) is 0 Å². The number of carbonyl (C=O) groups is 2. The minimum atomic E-state index is -0.571. The Balaban J connectivity index is 1.42. The van der Waals surface area contributed by atoms with Gasteiger partial charge in [0, 0.05) is 23.1 Å². The largest absolute Gasteiger partial charge is 0.480 e. The van der Waals surface area contributed by atoms with Gasteiger partial charge in [-0.1, -0.05) is 24.3 Å². The lowest BCUT2D eigenvalue weighted by molar-refractivity contribution is -0.122. The van der Waals surface area contributed by atoms with Gasteiger partial charge in [-0.2, -0.15) is 0 Å². The molecule has 0 aliphatic carbocycles. The van der Waals surface area contributed by atoms with Crippen LogP contribution in [0.3, 0.4) is 0 Å². The molecule has 2 amide bonds. The number of anilines is 2. The number of carbonyl (C=O) groups excluding carboxylic acids is 2. The maximum Gasteiger partial charge on any atom is 0.265 e. The van der Waals surface area contributed by atoms with E-state index in [0.717, 1.165) is 17.0 Å². The first-order valence-electron chi connectivity index (χ1n) is 8.47. The Morgan fingerprint density at radius 2 is 2.00 bits per heavy atom. The summed E-state index contributed by atoms with van der Waals surface area (Å²) in [5.41, 5.74) is 2.86. The van der Waals surface area contributed by atoms with Crippen LogP contribution >= 0.6 is 11.3 Å². The zero-order valence-electron chi connectivity index (χ0n) is 14.6. The molecular weight excluding hydrogens is 362 g/mol. The molecule has 4 rings (SSSR count). The Morgan fingerprint density at radius 1 is 1.15 bits per heavy atom. The van der Waals surface area contributed by atoms with Crippen LogP contribution in [0.25, 0.3) is 0 Å². The van der Waals surface area contributed by atoms with E-state index >= 15 is 0 Å². The van der Waals surface area contributed by atoms with Gasteiger partial charge in [0.1, 0.15) is 5.75 Å². The number of aromatic nitrogens is 1. The van der Waals surface area contributed by atoms with Crippen molar-refractivity contribution in [2.24, 2.45) is 0 Å². The number of ether oxygens (including phenoxy) is 1. The third-order valence-corrected chi connectivity index (χ3v) is 5.05. The minimum Gasteiger partial charge on any atom is -0.480 e. The van der Waals surface area contributed by atoms with Crippen molar-refractivity contribution in [3.8, 4) is 5.75 Å². The van der Waals surface area contributed by atoms with E-state index in [1.807, 2.05) is 36.6 Å². The first kappa shape index (κ1) is 17.2. The summed E-state index contributed by atoms with van der Waals surface area (Å²) in [5, 5.41) is 7.99. The predicted octanol–water partition coefficient (Wildman–Crippen LogP) is 3.65. The zero-order valence-corrected chi connectivity index (χ0v) is 15.4. The molecule has 2 aromatic carbocycles. The third-order valence-electron chi connectivity index (χ3n) is 4.17. The average molecular weight is 379 g/mol. The van der Waals surface area contributed by atoms with Crippen LogP contribution in [-0.4, -0.2) is 22.9 Å². The summed E-state index contributed by atoms with van der Waals surface area (Å²) < 4.78 is 5.70. The van der Waals surface area contributed by atoms with Crippen molar-refractivity contribution in [1.82, 2.24) is 4.98 Å². The molecule has 2 N–H and O–H groups in total. The molecule has 2 heterocycles. The second-order valence-electron chi connectivity index (χ2n) is 6.24. The maximum atomic E-state index is 12.5. The van der Waals surface area contributed by atoms with Crippen LogP contribution in [0.15, 0.2) is 53.9 Å². The Morgan fingerprint density at radius 3 is 2.78 bits per heavy atom. The number of amides is 2. The molecular formula is C20H17N3O3S. The first-order valence-corrected chi connectivity index (χ1v) is 9.35. The Hall–Kier alpha value is -3.19. The van der Waals surface area contributed by atoms with Gasteiger partial charge in [-0.3, -0.25) is 14.9 Å². The van der Waals surface area contributed by atoms with E-state index in [1.54, 1.807) is 24.3 Å². The molecule has 0 bridgehead atoms. The predicted molar refractivity (Wildman–Crippen MR) is 104 cm³/mol. The van der Waals surface area contributed by atoms with Crippen molar-refractivity contribution in [2.75, 3.05) is 10.6 Å². The fraction of sp³-hybridized carbons (Fsp3) is 0.150. The lowest BCUT2D eigenvalue weighted by Crippen LogP contribution is -2.31. The van der Waals surface area contributed by atoms with Crippen molar-refractivity contribution < 1.29 is 14.3 Å². The second kappa shape index (κ2) is 7.20. The van der Waals surface area contributed by atoms with Crippen molar-refractivity contribution in [3.05, 3.63) is 70.7 Å². The number of benzene rings is 2. The number of nitrogens with zero attached hydrogens (tertiary/aromatic N) is 1. The fourth-order valence-electron chi connectivity index (χ4n) is 2.87. The average Bonchev–Trinajstić information content (AvgIpc) is 3.28. The smallest absolute Gasteiger partial charge is 0.265 e. The summed E-state index contributed by atoms with van der Waals surface area (Å²) in [6.45, 7) is 1.87. The highest BCUT2D eigenvalue weighted by atomic mass is 32.1. The number of nitrogens with one attached hydrogen (secondary N) is 2. The Kier molecular flexibility index (Phi) is 4.60. The van der Waals surface area contributed by atoms with Crippen LogP contribution in [0.4, 0.5) is 10.8 Å². The molecule has 1 aliphatic rings. The zero-order chi connectivity index (χ0) is 18.8. The molecule has 0 fully saturated rings. The number of aryl methyl sites for hydroxylation is 1. The Labute approximate surface area is 160 Å². The lowest BCUT2D eigenvalue weighted by Gasteiger charge is -2.12. The summed E-state index contributed by atoms with van der Waals surface area (Å²) in [7, 11) is 0. The van der Waals surface area contributed by atoms with Crippen molar-refractivity contribution in [2.45, 2.75) is 19.4 Å². The molecule has 7 heteroatoms. The normalized spacial score (nSPS) is 14.9. The van der Waals surface area contributed by atoms with Gasteiger partial charge in [0.25, 0.3) is 11.8 Å². The first-order chi connectivity index (χ1) is 13.1. The molecule has 0 saturated carbocycles. The van der Waals surface area contributed by atoms with Gasteiger partial charge >= 0.3 is 0 Å². The van der Waals surface area contributed by atoms with E-state index in [4.69, 9.17) is 4.74 Å². The fourth-order valence-corrected chi connectivity index (χ4v) is 3.55.